The standard InChI is InChI=1S/C16H20I3NO5/c1-16(2,3)25-15(22)20-4-5-23-6-7-24-14(21)11-8-10(17)9-12(18)13(11)19/h8-9H,4-7H2,1-3H3,(H,20,22)/p+1. The molecule has 6 nitrogen and oxygen atoms in total. The van der Waals surface area contributed by atoms with E-state index < -0.39 is 5.60 Å². The lowest BCUT2D eigenvalue weighted by Crippen LogP contribution is -2.89. The summed E-state index contributed by atoms with van der Waals surface area (Å²) in [6.07, 6.45) is -0.356. The maximum atomic E-state index is 12.1. The Morgan fingerprint density at radius 3 is 2.40 bits per heavy atom. The molecule has 0 spiro atoms. The molecule has 140 valence electrons. The van der Waals surface area contributed by atoms with Gasteiger partial charge in [0.05, 0.1) is 18.8 Å². The second-order valence-corrected chi connectivity index (χ2v) is 9.51. The number of ether oxygens (including phenoxy) is 3. The predicted molar refractivity (Wildman–Crippen MR) is 119 cm³/mol. The molecule has 0 saturated heterocycles. The lowest BCUT2D eigenvalue weighted by molar-refractivity contribution is -0.575. The zero-order valence-electron chi connectivity index (χ0n) is 14.2. The Kier molecular flexibility index (Phi) is 10.4. The Labute approximate surface area is 188 Å². The molecule has 0 aromatic heterocycles. The number of carbonyl (C=O) groups is 2. The summed E-state index contributed by atoms with van der Waals surface area (Å²) in [7, 11) is 0. The van der Waals surface area contributed by atoms with Crippen LogP contribution in [0.25, 0.3) is 0 Å². The number of carbonyl (C=O) groups excluding carboxylic acids is 2. The first-order valence-electron chi connectivity index (χ1n) is 7.56. The van der Waals surface area contributed by atoms with Crippen LogP contribution in [-0.4, -0.2) is 44.0 Å². The van der Waals surface area contributed by atoms with Gasteiger partial charge < -0.3 is 14.2 Å². The molecule has 1 rings (SSSR count). The van der Waals surface area contributed by atoms with E-state index in [-0.39, 0.29) is 25.3 Å². The molecule has 0 saturated carbocycles. The summed E-state index contributed by atoms with van der Waals surface area (Å²) in [4.78, 5) is 23.6. The monoisotopic (exact) mass is 688 g/mol. The van der Waals surface area contributed by atoms with Gasteiger partial charge in [0.15, 0.2) is 0 Å². The summed E-state index contributed by atoms with van der Waals surface area (Å²) in [6, 6.07) is 3.81. The number of hydrogen-bond acceptors (Lipinski definition) is 5. The molecule has 0 aliphatic rings. The molecule has 0 atom stereocenters. The van der Waals surface area contributed by atoms with E-state index >= 15 is 0 Å². The van der Waals surface area contributed by atoms with Crippen LogP contribution in [0.15, 0.2) is 12.1 Å². The van der Waals surface area contributed by atoms with Crippen molar-refractivity contribution in [2.24, 2.45) is 0 Å². The van der Waals surface area contributed by atoms with Crippen molar-refractivity contribution in [3.05, 3.63) is 28.4 Å². The fourth-order valence-corrected chi connectivity index (χ4v) is 4.06. The third-order valence-electron chi connectivity index (χ3n) is 2.65. The van der Waals surface area contributed by atoms with Crippen LogP contribution < -0.4 is 5.32 Å². The van der Waals surface area contributed by atoms with Gasteiger partial charge in [-0.15, -0.1) is 0 Å². The molecule has 1 amide bonds. The fourth-order valence-electron chi connectivity index (χ4n) is 1.68. The summed E-state index contributed by atoms with van der Waals surface area (Å²) < 4.78 is 18.6. The summed E-state index contributed by atoms with van der Waals surface area (Å²) in [5.74, 6) is -0.357. The fraction of sp³-hybridized carbons (Fsp3) is 0.500. The quantitative estimate of drug-likeness (QED) is 0.206. The van der Waals surface area contributed by atoms with E-state index in [1.165, 1.54) is 5.32 Å². The molecular weight excluding hydrogens is 667 g/mol. The van der Waals surface area contributed by atoms with E-state index in [9.17, 15) is 9.59 Å². The normalized spacial score (nSPS) is 11.3. The van der Waals surface area contributed by atoms with E-state index in [0.29, 0.717) is 18.7 Å². The van der Waals surface area contributed by atoms with Crippen molar-refractivity contribution in [2.45, 2.75) is 26.4 Å². The molecule has 0 radical (unpaired) electrons. The van der Waals surface area contributed by atoms with Gasteiger partial charge in [0.1, 0.15) is 18.8 Å². The van der Waals surface area contributed by atoms with Gasteiger partial charge in [0.25, 0.3) is 0 Å². The SMILES string of the molecule is CC(C)(C)OC(=O)[NH2+]CCOCCOC(=O)c1cc(I)cc(I)c1I. The largest absolute Gasteiger partial charge is 0.513 e. The Morgan fingerprint density at radius 1 is 1.08 bits per heavy atom. The van der Waals surface area contributed by atoms with Crippen molar-refractivity contribution in [3.8, 4) is 0 Å². The van der Waals surface area contributed by atoms with Crippen LogP contribution >= 0.6 is 67.8 Å². The van der Waals surface area contributed by atoms with Crippen molar-refractivity contribution in [3.63, 3.8) is 0 Å². The first kappa shape index (κ1) is 23.3. The van der Waals surface area contributed by atoms with Crippen LogP contribution in [0, 0.1) is 10.7 Å². The summed E-state index contributed by atoms with van der Waals surface area (Å²) >= 11 is 6.51. The number of amides is 1. The average molecular weight is 688 g/mol. The van der Waals surface area contributed by atoms with Gasteiger partial charge in [-0.2, -0.15) is 4.79 Å². The van der Waals surface area contributed by atoms with Gasteiger partial charge >= 0.3 is 12.1 Å². The molecule has 0 aliphatic carbocycles. The lowest BCUT2D eigenvalue weighted by Gasteiger charge is -2.16. The smallest absolute Gasteiger partial charge is 0.460 e. The van der Waals surface area contributed by atoms with Gasteiger partial charge in [0, 0.05) is 10.7 Å². The van der Waals surface area contributed by atoms with Gasteiger partial charge in [-0.1, -0.05) is 0 Å². The number of nitrogens with two attached hydrogens (primary N) is 1. The second kappa shape index (κ2) is 11.2. The van der Waals surface area contributed by atoms with Gasteiger partial charge in [0.2, 0.25) is 0 Å². The lowest BCUT2D eigenvalue weighted by atomic mass is 10.2. The highest BCUT2D eigenvalue weighted by molar-refractivity contribution is 14.1. The van der Waals surface area contributed by atoms with E-state index in [1.807, 2.05) is 32.9 Å². The third-order valence-corrected chi connectivity index (χ3v) is 6.32. The molecule has 0 heterocycles. The first-order valence-corrected chi connectivity index (χ1v) is 10.8. The zero-order valence-corrected chi connectivity index (χ0v) is 20.7. The summed E-state index contributed by atoms with van der Waals surface area (Å²) in [5.41, 5.74) is 0.0721. The number of rotatable bonds is 7. The minimum Gasteiger partial charge on any atom is -0.460 e. The van der Waals surface area contributed by atoms with Crippen LogP contribution in [0.3, 0.4) is 0 Å². The Morgan fingerprint density at radius 2 is 1.76 bits per heavy atom. The van der Waals surface area contributed by atoms with Crippen molar-refractivity contribution < 1.29 is 29.1 Å². The second-order valence-electron chi connectivity index (χ2n) is 6.02. The topological polar surface area (TPSA) is 78.4 Å². The molecule has 1 aromatic carbocycles. The van der Waals surface area contributed by atoms with Crippen molar-refractivity contribution in [1.82, 2.24) is 0 Å². The Hall–Kier alpha value is 0.270. The van der Waals surface area contributed by atoms with E-state index in [4.69, 9.17) is 14.2 Å². The number of halogens is 3. The molecule has 0 unspecified atom stereocenters. The predicted octanol–water partition coefficient (Wildman–Crippen LogP) is 3.17. The minimum absolute atomic E-state index is 0.170. The average Bonchev–Trinajstić information content (AvgIpc) is 2.47. The minimum atomic E-state index is -0.493. The Bertz CT molecular complexity index is 617. The highest BCUT2D eigenvalue weighted by Crippen LogP contribution is 2.23. The van der Waals surface area contributed by atoms with Gasteiger partial charge in [-0.25, -0.2) is 10.1 Å². The van der Waals surface area contributed by atoms with Gasteiger partial charge in [-0.05, 0) is 101 Å². The summed E-state index contributed by atoms with van der Waals surface area (Å²) in [6.45, 7) is 6.73. The van der Waals surface area contributed by atoms with Crippen LogP contribution in [0.2, 0.25) is 0 Å². The molecule has 0 fully saturated rings. The molecule has 2 N–H and O–H groups in total. The molecular formula is C16H21I3NO5+. The zero-order chi connectivity index (χ0) is 19.0. The van der Waals surface area contributed by atoms with E-state index in [2.05, 4.69) is 67.8 Å². The molecule has 25 heavy (non-hydrogen) atoms. The van der Waals surface area contributed by atoms with E-state index in [1.54, 1.807) is 0 Å². The number of primary amides is 1. The molecule has 1 aromatic rings. The molecule has 0 bridgehead atoms. The van der Waals surface area contributed by atoms with E-state index in [0.717, 1.165) is 10.7 Å². The Balaban J connectivity index is 2.22. The maximum Gasteiger partial charge on any atom is 0.513 e. The van der Waals surface area contributed by atoms with Crippen LogP contribution in [0.5, 0.6) is 0 Å². The van der Waals surface area contributed by atoms with Crippen molar-refractivity contribution in [1.29, 1.82) is 0 Å². The number of quaternary nitrogens is 1. The number of esters is 1. The van der Waals surface area contributed by atoms with Crippen molar-refractivity contribution >= 4 is 79.8 Å². The van der Waals surface area contributed by atoms with Gasteiger partial charge in [-0.3, -0.25) is 0 Å². The molecule has 0 aliphatic heterocycles. The highest BCUT2D eigenvalue weighted by Gasteiger charge is 2.18. The number of benzene rings is 1. The first-order chi connectivity index (χ1) is 11.6. The number of hydrogen-bond donors (Lipinski definition) is 1. The third kappa shape index (κ3) is 9.68. The highest BCUT2D eigenvalue weighted by atomic mass is 127. The van der Waals surface area contributed by atoms with Crippen LogP contribution in [0.4, 0.5) is 4.79 Å². The molecule has 9 heteroatoms. The maximum absolute atomic E-state index is 12.1. The van der Waals surface area contributed by atoms with Crippen LogP contribution in [-0.2, 0) is 14.2 Å². The van der Waals surface area contributed by atoms with Crippen LogP contribution in [0.1, 0.15) is 31.1 Å². The summed E-state index contributed by atoms with van der Waals surface area (Å²) in [5, 5.41) is 1.45. The van der Waals surface area contributed by atoms with Crippen molar-refractivity contribution in [2.75, 3.05) is 26.4 Å².